The van der Waals surface area contributed by atoms with Crippen LogP contribution >= 0.6 is 0 Å². The van der Waals surface area contributed by atoms with Crippen molar-refractivity contribution in [3.63, 3.8) is 0 Å². The molecule has 1 N–H and O–H groups in total. The summed E-state index contributed by atoms with van der Waals surface area (Å²) in [6.07, 6.45) is 1.36. The molecule has 8 heteroatoms. The van der Waals surface area contributed by atoms with Crippen molar-refractivity contribution in [3.05, 3.63) is 81.6 Å². The molecule has 0 aliphatic heterocycles. The van der Waals surface area contributed by atoms with Crippen molar-refractivity contribution in [2.75, 3.05) is 6.61 Å². The Morgan fingerprint density at radius 2 is 1.90 bits per heavy atom. The van der Waals surface area contributed by atoms with Crippen LogP contribution in [0.5, 0.6) is 5.75 Å². The summed E-state index contributed by atoms with van der Waals surface area (Å²) in [7, 11) is 0. The van der Waals surface area contributed by atoms with E-state index >= 15 is 0 Å². The normalized spacial score (nSPS) is 10.8. The Labute approximate surface area is 167 Å². The van der Waals surface area contributed by atoms with Gasteiger partial charge < -0.3 is 9.15 Å². The Balaban J connectivity index is 1.52. The summed E-state index contributed by atoms with van der Waals surface area (Å²) in [5, 5.41) is 14.5. The Morgan fingerprint density at radius 1 is 1.14 bits per heavy atom. The summed E-state index contributed by atoms with van der Waals surface area (Å²) in [4.78, 5) is 22.1. The maximum absolute atomic E-state index is 11.8. The van der Waals surface area contributed by atoms with E-state index in [4.69, 9.17) is 9.15 Å². The molecule has 0 unspecified atom stereocenters. The molecule has 2 aromatic carbocycles. The quantitative estimate of drug-likeness (QED) is 0.371. The first-order chi connectivity index (χ1) is 13.9. The van der Waals surface area contributed by atoms with Crippen molar-refractivity contribution in [3.8, 4) is 17.1 Å². The number of nitro benzene ring substituents is 1. The van der Waals surface area contributed by atoms with E-state index in [1.807, 2.05) is 26.0 Å². The zero-order chi connectivity index (χ0) is 20.8. The van der Waals surface area contributed by atoms with Crippen molar-refractivity contribution in [1.82, 2.24) is 5.43 Å². The zero-order valence-electron chi connectivity index (χ0n) is 15.9. The van der Waals surface area contributed by atoms with Crippen LogP contribution in [0.2, 0.25) is 0 Å². The molecule has 3 rings (SSSR count). The van der Waals surface area contributed by atoms with E-state index in [2.05, 4.69) is 10.5 Å². The molecule has 3 aromatic rings. The van der Waals surface area contributed by atoms with Crippen LogP contribution in [-0.2, 0) is 4.79 Å². The lowest BCUT2D eigenvalue weighted by atomic mass is 10.1. The standard InChI is InChI=1S/C21H19N3O5/c1-14-3-8-18(11-15(14)2)28-13-21(25)23-22-12-19-9-10-20(29-19)16-4-6-17(7-5-16)24(26)27/h3-12H,13H2,1-2H3,(H,23,25). The van der Waals surface area contributed by atoms with Crippen LogP contribution in [0.3, 0.4) is 0 Å². The molecule has 8 nitrogen and oxygen atoms in total. The van der Waals surface area contributed by atoms with E-state index in [0.717, 1.165) is 11.1 Å². The number of hydrogen-bond donors (Lipinski definition) is 1. The van der Waals surface area contributed by atoms with Gasteiger partial charge >= 0.3 is 0 Å². The van der Waals surface area contributed by atoms with Crippen molar-refractivity contribution in [2.24, 2.45) is 5.10 Å². The van der Waals surface area contributed by atoms with Gasteiger partial charge in [-0.25, -0.2) is 5.43 Å². The van der Waals surface area contributed by atoms with E-state index in [1.54, 1.807) is 30.3 Å². The number of benzene rings is 2. The number of nitrogens with one attached hydrogen (secondary N) is 1. The number of hydrazone groups is 1. The number of furan rings is 1. The number of nitrogens with zero attached hydrogens (tertiary/aromatic N) is 2. The maximum Gasteiger partial charge on any atom is 0.277 e. The van der Waals surface area contributed by atoms with Gasteiger partial charge in [-0.15, -0.1) is 0 Å². The highest BCUT2D eigenvalue weighted by molar-refractivity contribution is 5.81. The van der Waals surface area contributed by atoms with Crippen molar-refractivity contribution < 1.29 is 18.9 Å². The average molecular weight is 393 g/mol. The van der Waals surface area contributed by atoms with Gasteiger partial charge in [0.15, 0.2) is 6.61 Å². The van der Waals surface area contributed by atoms with Crippen LogP contribution < -0.4 is 10.2 Å². The lowest BCUT2D eigenvalue weighted by Crippen LogP contribution is -2.24. The molecule has 0 atom stereocenters. The van der Waals surface area contributed by atoms with Gasteiger partial charge in [0.05, 0.1) is 11.1 Å². The summed E-state index contributed by atoms with van der Waals surface area (Å²) in [5.74, 6) is 1.17. The highest BCUT2D eigenvalue weighted by Gasteiger charge is 2.08. The van der Waals surface area contributed by atoms with E-state index in [-0.39, 0.29) is 12.3 Å². The van der Waals surface area contributed by atoms with E-state index in [9.17, 15) is 14.9 Å². The number of ether oxygens (including phenoxy) is 1. The Kier molecular flexibility index (Phi) is 6.03. The fraction of sp³-hybridized carbons (Fsp3) is 0.143. The highest BCUT2D eigenvalue weighted by atomic mass is 16.6. The summed E-state index contributed by atoms with van der Waals surface area (Å²) in [6.45, 7) is 3.81. The lowest BCUT2D eigenvalue weighted by Gasteiger charge is -2.07. The molecule has 0 spiro atoms. The molecular weight excluding hydrogens is 374 g/mol. The zero-order valence-corrected chi connectivity index (χ0v) is 15.9. The average Bonchev–Trinajstić information content (AvgIpc) is 3.18. The second-order valence-corrected chi connectivity index (χ2v) is 6.33. The van der Waals surface area contributed by atoms with Gasteiger partial charge in [0.25, 0.3) is 11.6 Å². The number of nitro groups is 1. The number of non-ortho nitro benzene ring substituents is 1. The summed E-state index contributed by atoms with van der Waals surface area (Å²) < 4.78 is 11.0. The third kappa shape index (κ3) is 5.29. The topological polar surface area (TPSA) is 107 Å². The molecule has 1 aromatic heterocycles. The molecule has 0 bridgehead atoms. The first-order valence-corrected chi connectivity index (χ1v) is 8.79. The van der Waals surface area contributed by atoms with Crippen LogP contribution in [0, 0.1) is 24.0 Å². The smallest absolute Gasteiger partial charge is 0.277 e. The van der Waals surface area contributed by atoms with Gasteiger partial charge in [0.1, 0.15) is 17.3 Å². The Hall–Kier alpha value is -3.94. The second-order valence-electron chi connectivity index (χ2n) is 6.33. The summed E-state index contributed by atoms with van der Waals surface area (Å²) in [5.41, 5.74) is 5.31. The Bertz CT molecular complexity index is 1050. The highest BCUT2D eigenvalue weighted by Crippen LogP contribution is 2.24. The van der Waals surface area contributed by atoms with E-state index < -0.39 is 10.8 Å². The second kappa shape index (κ2) is 8.83. The third-order valence-corrected chi connectivity index (χ3v) is 4.22. The van der Waals surface area contributed by atoms with Crippen molar-refractivity contribution in [1.29, 1.82) is 0 Å². The predicted octanol–water partition coefficient (Wildman–Crippen LogP) is 4.00. The summed E-state index contributed by atoms with van der Waals surface area (Å²) >= 11 is 0. The monoisotopic (exact) mass is 393 g/mol. The number of amides is 1. The van der Waals surface area contributed by atoms with Gasteiger partial charge in [-0.2, -0.15) is 5.10 Å². The molecule has 1 amide bonds. The molecule has 0 aliphatic carbocycles. The molecular formula is C21H19N3O5. The summed E-state index contributed by atoms with van der Waals surface area (Å²) in [6, 6.07) is 15.0. The predicted molar refractivity (Wildman–Crippen MR) is 108 cm³/mol. The first-order valence-electron chi connectivity index (χ1n) is 8.79. The van der Waals surface area contributed by atoms with Gasteiger partial charge in [0.2, 0.25) is 0 Å². The van der Waals surface area contributed by atoms with Gasteiger partial charge in [-0.3, -0.25) is 14.9 Å². The molecule has 0 saturated carbocycles. The minimum atomic E-state index is -0.462. The molecule has 0 saturated heterocycles. The Morgan fingerprint density at radius 3 is 2.59 bits per heavy atom. The molecule has 0 aliphatic rings. The first kappa shape index (κ1) is 19.8. The van der Waals surface area contributed by atoms with E-state index in [0.29, 0.717) is 22.8 Å². The van der Waals surface area contributed by atoms with Gasteiger partial charge in [-0.05, 0) is 61.4 Å². The van der Waals surface area contributed by atoms with Crippen molar-refractivity contribution in [2.45, 2.75) is 13.8 Å². The molecule has 0 fully saturated rings. The van der Waals surface area contributed by atoms with Crippen molar-refractivity contribution >= 4 is 17.8 Å². The van der Waals surface area contributed by atoms with Gasteiger partial charge in [0, 0.05) is 17.7 Å². The van der Waals surface area contributed by atoms with Gasteiger partial charge in [-0.1, -0.05) is 6.07 Å². The molecule has 148 valence electrons. The fourth-order valence-corrected chi connectivity index (χ4v) is 2.48. The molecule has 0 radical (unpaired) electrons. The van der Waals surface area contributed by atoms with E-state index in [1.165, 1.54) is 18.3 Å². The fourth-order valence-electron chi connectivity index (χ4n) is 2.48. The van der Waals surface area contributed by atoms with Crippen LogP contribution in [0.4, 0.5) is 5.69 Å². The number of aryl methyl sites for hydroxylation is 2. The maximum atomic E-state index is 11.8. The van der Waals surface area contributed by atoms with Crippen LogP contribution in [0.25, 0.3) is 11.3 Å². The number of rotatable bonds is 7. The molecule has 29 heavy (non-hydrogen) atoms. The SMILES string of the molecule is Cc1ccc(OCC(=O)NN=Cc2ccc(-c3ccc([N+](=O)[O-])cc3)o2)cc1C. The van der Waals surface area contributed by atoms with Crippen LogP contribution in [0.15, 0.2) is 64.1 Å². The number of carbonyl (C=O) groups excluding carboxylic acids is 1. The number of carbonyl (C=O) groups is 1. The third-order valence-electron chi connectivity index (χ3n) is 4.22. The minimum absolute atomic E-state index is 0.00724. The number of hydrogen-bond acceptors (Lipinski definition) is 6. The minimum Gasteiger partial charge on any atom is -0.484 e. The van der Waals surface area contributed by atoms with Crippen LogP contribution in [0.1, 0.15) is 16.9 Å². The largest absolute Gasteiger partial charge is 0.484 e. The molecule has 1 heterocycles. The lowest BCUT2D eigenvalue weighted by molar-refractivity contribution is -0.384. The van der Waals surface area contributed by atoms with Crippen LogP contribution in [-0.4, -0.2) is 23.7 Å².